The number of anilines is 1. The normalized spacial score (nSPS) is 10.6. The summed E-state index contributed by atoms with van der Waals surface area (Å²) in [5, 5.41) is 15.5. The summed E-state index contributed by atoms with van der Waals surface area (Å²) in [5.74, 6) is -0.311. The van der Waals surface area contributed by atoms with Crippen LogP contribution >= 0.6 is 22.9 Å². The van der Waals surface area contributed by atoms with Crippen molar-refractivity contribution in [3.63, 3.8) is 0 Å². The summed E-state index contributed by atoms with van der Waals surface area (Å²) >= 11 is 7.18. The van der Waals surface area contributed by atoms with Gasteiger partial charge in [0.15, 0.2) is 0 Å². The average molecular weight is 429 g/mol. The number of carbonyl (C=O) groups is 2. The molecule has 6 nitrogen and oxygen atoms in total. The van der Waals surface area contributed by atoms with Gasteiger partial charge in [0, 0.05) is 30.1 Å². The van der Waals surface area contributed by atoms with Crippen molar-refractivity contribution in [1.29, 1.82) is 0 Å². The smallest absolute Gasteiger partial charge is 0.286 e. The molecule has 0 aliphatic heterocycles. The monoisotopic (exact) mass is 428 g/mol. The molecule has 3 aromatic rings. The van der Waals surface area contributed by atoms with Crippen LogP contribution in [0.1, 0.15) is 38.8 Å². The number of nitrogens with one attached hydrogen (secondary N) is 2. The van der Waals surface area contributed by atoms with E-state index in [1.54, 1.807) is 6.07 Å². The van der Waals surface area contributed by atoms with Crippen molar-refractivity contribution in [2.75, 3.05) is 5.32 Å². The zero-order valence-corrected chi connectivity index (χ0v) is 17.5. The van der Waals surface area contributed by atoms with Crippen molar-refractivity contribution in [1.82, 2.24) is 15.5 Å². The van der Waals surface area contributed by atoms with Crippen molar-refractivity contribution in [2.45, 2.75) is 32.7 Å². The SMILES string of the molecule is Cc1ccccc1NC(=O)c1nnc(CCCC(=O)NCc2cccc(Cl)c2)s1. The quantitative estimate of drug-likeness (QED) is 0.557. The Morgan fingerprint density at radius 1 is 1.10 bits per heavy atom. The van der Waals surface area contributed by atoms with Crippen LogP contribution in [0.5, 0.6) is 0 Å². The standard InChI is InChI=1S/C21H21ClN4O2S/c1-14-6-2-3-9-17(14)24-20(28)21-26-25-19(29-21)11-5-10-18(27)23-13-15-7-4-8-16(22)12-15/h2-4,6-9,12H,5,10-11,13H2,1H3,(H,23,27)(H,24,28). The zero-order chi connectivity index (χ0) is 20.6. The third-order valence-electron chi connectivity index (χ3n) is 4.23. The first-order valence-corrected chi connectivity index (χ1v) is 10.4. The second kappa shape index (κ2) is 10.1. The molecule has 0 fully saturated rings. The fourth-order valence-corrected chi connectivity index (χ4v) is 3.66. The molecular weight excluding hydrogens is 408 g/mol. The zero-order valence-electron chi connectivity index (χ0n) is 15.9. The Morgan fingerprint density at radius 3 is 2.72 bits per heavy atom. The van der Waals surface area contributed by atoms with Crippen LogP contribution in [0.3, 0.4) is 0 Å². The van der Waals surface area contributed by atoms with Gasteiger partial charge < -0.3 is 10.6 Å². The molecule has 2 aromatic carbocycles. The minimum Gasteiger partial charge on any atom is -0.352 e. The molecular formula is C21H21ClN4O2S. The van der Waals surface area contributed by atoms with Crippen LogP contribution in [0, 0.1) is 6.92 Å². The molecule has 1 aromatic heterocycles. The maximum absolute atomic E-state index is 12.3. The number of halogens is 1. The molecule has 0 unspecified atom stereocenters. The Hall–Kier alpha value is -2.77. The number of hydrogen-bond acceptors (Lipinski definition) is 5. The summed E-state index contributed by atoms with van der Waals surface area (Å²) in [6.45, 7) is 2.38. The molecule has 0 spiro atoms. The summed E-state index contributed by atoms with van der Waals surface area (Å²) < 4.78 is 0. The highest BCUT2D eigenvalue weighted by Gasteiger charge is 2.14. The number of para-hydroxylation sites is 1. The molecule has 0 aliphatic carbocycles. The van der Waals surface area contributed by atoms with Gasteiger partial charge in [0.05, 0.1) is 0 Å². The molecule has 0 atom stereocenters. The average Bonchev–Trinajstić information content (AvgIpc) is 3.17. The fraction of sp³-hybridized carbons (Fsp3) is 0.238. The Labute approximate surface area is 178 Å². The summed E-state index contributed by atoms with van der Waals surface area (Å²) in [7, 11) is 0. The van der Waals surface area contributed by atoms with E-state index in [-0.39, 0.29) is 11.8 Å². The molecule has 0 saturated carbocycles. The van der Waals surface area contributed by atoms with Crippen molar-refractivity contribution in [2.24, 2.45) is 0 Å². The maximum Gasteiger partial charge on any atom is 0.286 e. The Balaban J connectivity index is 1.42. The van der Waals surface area contributed by atoms with E-state index in [0.29, 0.717) is 35.8 Å². The van der Waals surface area contributed by atoms with Crippen molar-refractivity contribution < 1.29 is 9.59 Å². The van der Waals surface area contributed by atoms with Crippen LogP contribution < -0.4 is 10.6 Å². The van der Waals surface area contributed by atoms with Gasteiger partial charge in [0.2, 0.25) is 10.9 Å². The van der Waals surface area contributed by atoms with Crippen molar-refractivity contribution >= 4 is 40.4 Å². The molecule has 2 amide bonds. The van der Waals surface area contributed by atoms with E-state index < -0.39 is 0 Å². The molecule has 0 radical (unpaired) electrons. The Kier molecular flexibility index (Phi) is 7.32. The fourth-order valence-electron chi connectivity index (χ4n) is 2.67. The first-order chi connectivity index (χ1) is 14.0. The minimum atomic E-state index is -0.276. The lowest BCUT2D eigenvalue weighted by molar-refractivity contribution is -0.121. The predicted molar refractivity (Wildman–Crippen MR) is 115 cm³/mol. The van der Waals surface area contributed by atoms with Gasteiger partial charge in [-0.15, -0.1) is 10.2 Å². The van der Waals surface area contributed by atoms with Gasteiger partial charge in [0.1, 0.15) is 5.01 Å². The lowest BCUT2D eigenvalue weighted by atomic mass is 10.2. The van der Waals surface area contributed by atoms with E-state index in [1.165, 1.54) is 11.3 Å². The van der Waals surface area contributed by atoms with Gasteiger partial charge in [-0.2, -0.15) is 0 Å². The molecule has 150 valence electrons. The van der Waals surface area contributed by atoms with Crippen LogP contribution in [-0.2, 0) is 17.8 Å². The highest BCUT2D eigenvalue weighted by molar-refractivity contribution is 7.13. The van der Waals surface area contributed by atoms with E-state index in [0.717, 1.165) is 21.8 Å². The number of hydrogen-bond donors (Lipinski definition) is 2. The molecule has 1 heterocycles. The maximum atomic E-state index is 12.3. The van der Waals surface area contributed by atoms with Crippen molar-refractivity contribution in [3.05, 3.63) is 74.7 Å². The van der Waals surface area contributed by atoms with E-state index in [1.807, 2.05) is 49.4 Å². The van der Waals surface area contributed by atoms with Crippen LogP contribution in [-0.4, -0.2) is 22.0 Å². The first kappa shape index (κ1) is 21.0. The van der Waals surface area contributed by atoms with Gasteiger partial charge in [-0.25, -0.2) is 0 Å². The second-order valence-corrected chi connectivity index (χ2v) is 8.03. The number of rotatable bonds is 8. The highest BCUT2D eigenvalue weighted by atomic mass is 35.5. The van der Waals surface area contributed by atoms with Gasteiger partial charge in [-0.1, -0.05) is 53.3 Å². The Bertz CT molecular complexity index is 1010. The Morgan fingerprint density at radius 2 is 1.93 bits per heavy atom. The molecule has 0 bridgehead atoms. The van der Waals surface area contributed by atoms with Gasteiger partial charge >= 0.3 is 0 Å². The topological polar surface area (TPSA) is 84.0 Å². The van der Waals surface area contributed by atoms with Crippen LogP contribution in [0.4, 0.5) is 5.69 Å². The second-order valence-electron chi connectivity index (χ2n) is 6.53. The van der Waals surface area contributed by atoms with Crippen molar-refractivity contribution in [3.8, 4) is 0 Å². The molecule has 29 heavy (non-hydrogen) atoms. The number of aryl methyl sites for hydroxylation is 2. The summed E-state index contributed by atoms with van der Waals surface area (Å²) in [6, 6.07) is 14.9. The lowest BCUT2D eigenvalue weighted by Crippen LogP contribution is -2.22. The summed E-state index contributed by atoms with van der Waals surface area (Å²) in [4.78, 5) is 24.3. The number of carbonyl (C=O) groups excluding carboxylic acids is 2. The number of benzene rings is 2. The largest absolute Gasteiger partial charge is 0.352 e. The number of aromatic nitrogens is 2. The molecule has 0 aliphatic rings. The molecule has 3 rings (SSSR count). The third kappa shape index (κ3) is 6.37. The third-order valence-corrected chi connectivity index (χ3v) is 5.44. The predicted octanol–water partition coefficient (Wildman–Crippen LogP) is 4.39. The van der Waals surface area contributed by atoms with E-state index in [4.69, 9.17) is 11.6 Å². The summed E-state index contributed by atoms with van der Waals surface area (Å²) in [5.41, 5.74) is 2.69. The van der Waals surface area contributed by atoms with Gasteiger partial charge in [-0.05, 0) is 42.7 Å². The first-order valence-electron chi connectivity index (χ1n) is 9.22. The number of nitrogens with zero attached hydrogens (tertiary/aromatic N) is 2. The van der Waals surface area contributed by atoms with Crippen LogP contribution in [0.25, 0.3) is 0 Å². The lowest BCUT2D eigenvalue weighted by Gasteiger charge is -2.05. The van der Waals surface area contributed by atoms with Gasteiger partial charge in [-0.3, -0.25) is 9.59 Å². The van der Waals surface area contributed by atoms with E-state index >= 15 is 0 Å². The van der Waals surface area contributed by atoms with Gasteiger partial charge in [0.25, 0.3) is 5.91 Å². The highest BCUT2D eigenvalue weighted by Crippen LogP contribution is 2.17. The molecule has 2 N–H and O–H groups in total. The van der Waals surface area contributed by atoms with E-state index in [2.05, 4.69) is 20.8 Å². The molecule has 0 saturated heterocycles. The van der Waals surface area contributed by atoms with E-state index in [9.17, 15) is 9.59 Å². The van der Waals surface area contributed by atoms with Crippen LogP contribution in [0.2, 0.25) is 5.02 Å². The minimum absolute atomic E-state index is 0.0352. The summed E-state index contributed by atoms with van der Waals surface area (Å²) in [6.07, 6.45) is 1.61. The number of amides is 2. The molecule has 8 heteroatoms. The van der Waals surface area contributed by atoms with Crippen LogP contribution in [0.15, 0.2) is 48.5 Å².